The van der Waals surface area contributed by atoms with Gasteiger partial charge in [0, 0.05) is 5.92 Å². The van der Waals surface area contributed by atoms with Gasteiger partial charge in [0.1, 0.15) is 0 Å². The van der Waals surface area contributed by atoms with E-state index in [1.54, 1.807) is 0 Å². The van der Waals surface area contributed by atoms with Crippen LogP contribution >= 0.6 is 0 Å². The summed E-state index contributed by atoms with van der Waals surface area (Å²) in [6.45, 7) is 2.17. The van der Waals surface area contributed by atoms with E-state index in [4.69, 9.17) is 0 Å². The summed E-state index contributed by atoms with van der Waals surface area (Å²) < 4.78 is 0. The van der Waals surface area contributed by atoms with Crippen LogP contribution in [0.15, 0.2) is 115 Å². The predicted molar refractivity (Wildman–Crippen MR) is 140 cm³/mol. The highest BCUT2D eigenvalue weighted by Gasteiger charge is 2.33. The van der Waals surface area contributed by atoms with Gasteiger partial charge in [0.05, 0.1) is 11.6 Å². The Morgan fingerprint density at radius 3 is 1.97 bits per heavy atom. The molecule has 0 heterocycles. The molecule has 0 radical (unpaired) electrons. The molecule has 5 aromatic carbocycles. The van der Waals surface area contributed by atoms with Crippen LogP contribution < -0.4 is 0 Å². The first-order valence-electron chi connectivity index (χ1n) is 11.6. The molecule has 0 amide bonds. The first-order valence-corrected chi connectivity index (χ1v) is 11.6. The van der Waals surface area contributed by atoms with Crippen LogP contribution in [-0.4, -0.2) is 0 Å². The van der Waals surface area contributed by atoms with Gasteiger partial charge in [-0.3, -0.25) is 0 Å². The van der Waals surface area contributed by atoms with Gasteiger partial charge in [-0.25, -0.2) is 0 Å². The lowest BCUT2D eigenvalue weighted by Gasteiger charge is -2.20. The van der Waals surface area contributed by atoms with Crippen molar-refractivity contribution in [1.29, 1.82) is 5.26 Å². The SMILES string of the molecule is Cc1ccc2c(c1)C(c1ccccc1)c1c(-c3ccc(C#N)cc3)cc(-c3ccccc3)cc1-2. The number of hydrogen-bond donors (Lipinski definition) is 0. The maximum absolute atomic E-state index is 9.33. The summed E-state index contributed by atoms with van der Waals surface area (Å²) in [5.41, 5.74) is 13.3. The first-order chi connectivity index (χ1) is 16.7. The Kier molecular flexibility index (Phi) is 4.86. The van der Waals surface area contributed by atoms with Crippen LogP contribution in [-0.2, 0) is 0 Å². The van der Waals surface area contributed by atoms with E-state index < -0.39 is 0 Å². The quantitative estimate of drug-likeness (QED) is 0.275. The highest BCUT2D eigenvalue weighted by Crippen LogP contribution is 2.53. The average Bonchev–Trinajstić information content (AvgIpc) is 3.22. The van der Waals surface area contributed by atoms with Gasteiger partial charge >= 0.3 is 0 Å². The molecule has 0 spiro atoms. The fraction of sp³-hybridized carbons (Fsp3) is 0.0606. The van der Waals surface area contributed by atoms with Gasteiger partial charge in [-0.2, -0.15) is 5.26 Å². The third-order valence-corrected chi connectivity index (χ3v) is 6.84. The van der Waals surface area contributed by atoms with Gasteiger partial charge in [-0.15, -0.1) is 0 Å². The average molecular weight is 434 g/mol. The molecule has 6 rings (SSSR count). The number of rotatable bonds is 3. The number of fused-ring (bicyclic) bond motifs is 3. The monoisotopic (exact) mass is 433 g/mol. The highest BCUT2D eigenvalue weighted by atomic mass is 14.4. The molecule has 160 valence electrons. The lowest BCUT2D eigenvalue weighted by Crippen LogP contribution is -2.02. The number of aryl methyl sites for hydroxylation is 1. The Hall–Kier alpha value is -4.41. The third-order valence-electron chi connectivity index (χ3n) is 6.84. The maximum atomic E-state index is 9.33. The third kappa shape index (κ3) is 3.33. The fourth-order valence-corrected chi connectivity index (χ4v) is 5.26. The summed E-state index contributed by atoms with van der Waals surface area (Å²) in [4.78, 5) is 0. The van der Waals surface area contributed by atoms with Crippen LogP contribution in [0.1, 0.15) is 33.7 Å². The van der Waals surface area contributed by atoms with Gasteiger partial charge in [0.15, 0.2) is 0 Å². The van der Waals surface area contributed by atoms with Crippen molar-refractivity contribution in [3.05, 3.63) is 143 Å². The number of benzene rings is 5. The van der Waals surface area contributed by atoms with Crippen molar-refractivity contribution in [2.45, 2.75) is 12.8 Å². The van der Waals surface area contributed by atoms with Gasteiger partial charge < -0.3 is 0 Å². The summed E-state index contributed by atoms with van der Waals surface area (Å²) in [5, 5.41) is 9.33. The summed E-state index contributed by atoms with van der Waals surface area (Å²) in [6, 6.07) is 43.2. The van der Waals surface area contributed by atoms with Gasteiger partial charge in [0.25, 0.3) is 0 Å². The van der Waals surface area contributed by atoms with Crippen molar-refractivity contribution < 1.29 is 0 Å². The van der Waals surface area contributed by atoms with E-state index in [0.29, 0.717) is 5.56 Å². The summed E-state index contributed by atoms with van der Waals surface area (Å²) in [5.74, 6) is 0.168. The van der Waals surface area contributed by atoms with E-state index in [-0.39, 0.29) is 5.92 Å². The second-order valence-corrected chi connectivity index (χ2v) is 8.97. The molecule has 0 bridgehead atoms. The normalized spacial score (nSPS) is 13.7. The molecule has 1 aliphatic rings. The minimum atomic E-state index is 0.168. The number of nitrogens with zero attached hydrogens (tertiary/aromatic N) is 1. The molecule has 5 aromatic rings. The molecular formula is C33H23N. The Bertz CT molecular complexity index is 1540. The standard InChI is InChI=1S/C33H23N/c1-22-12-17-28-30(18-22)32(26-10-6-3-7-11-26)33-29(25-15-13-23(21-34)14-16-25)19-27(20-31(28)33)24-8-4-2-5-9-24/h2-20,32H,1H3. The summed E-state index contributed by atoms with van der Waals surface area (Å²) >= 11 is 0. The van der Waals surface area contributed by atoms with E-state index in [0.717, 1.165) is 5.56 Å². The van der Waals surface area contributed by atoms with Crippen molar-refractivity contribution in [2.75, 3.05) is 0 Å². The zero-order chi connectivity index (χ0) is 23.1. The zero-order valence-electron chi connectivity index (χ0n) is 19.0. The van der Waals surface area contributed by atoms with Crippen LogP contribution in [0.3, 0.4) is 0 Å². The molecule has 1 nitrogen and oxygen atoms in total. The lowest BCUT2D eigenvalue weighted by molar-refractivity contribution is 1.01. The van der Waals surface area contributed by atoms with Crippen molar-refractivity contribution >= 4 is 0 Å². The topological polar surface area (TPSA) is 23.8 Å². The molecule has 0 N–H and O–H groups in total. The zero-order valence-corrected chi connectivity index (χ0v) is 19.0. The van der Waals surface area contributed by atoms with Crippen LogP contribution in [0.4, 0.5) is 0 Å². The molecule has 0 fully saturated rings. The molecule has 0 aromatic heterocycles. The Labute approximate surface area is 200 Å². The molecule has 0 aliphatic heterocycles. The smallest absolute Gasteiger partial charge is 0.0991 e. The van der Waals surface area contributed by atoms with Crippen LogP contribution in [0.5, 0.6) is 0 Å². The molecule has 34 heavy (non-hydrogen) atoms. The van der Waals surface area contributed by atoms with E-state index in [2.05, 4.69) is 116 Å². The first kappa shape index (κ1) is 20.2. The van der Waals surface area contributed by atoms with E-state index in [1.165, 1.54) is 50.1 Å². The van der Waals surface area contributed by atoms with Crippen LogP contribution in [0.25, 0.3) is 33.4 Å². The Morgan fingerprint density at radius 2 is 1.26 bits per heavy atom. The molecule has 1 unspecified atom stereocenters. The highest BCUT2D eigenvalue weighted by molar-refractivity contribution is 5.92. The summed E-state index contributed by atoms with van der Waals surface area (Å²) in [7, 11) is 0. The van der Waals surface area contributed by atoms with E-state index in [1.807, 2.05) is 12.1 Å². The van der Waals surface area contributed by atoms with Crippen molar-refractivity contribution in [3.8, 4) is 39.4 Å². The summed E-state index contributed by atoms with van der Waals surface area (Å²) in [6.07, 6.45) is 0. The largest absolute Gasteiger partial charge is 0.192 e. The maximum Gasteiger partial charge on any atom is 0.0991 e. The van der Waals surface area contributed by atoms with Gasteiger partial charge in [-0.1, -0.05) is 96.6 Å². The molecule has 0 saturated heterocycles. The van der Waals surface area contributed by atoms with Gasteiger partial charge in [0.2, 0.25) is 0 Å². The number of hydrogen-bond acceptors (Lipinski definition) is 1. The van der Waals surface area contributed by atoms with Crippen molar-refractivity contribution in [1.82, 2.24) is 0 Å². The van der Waals surface area contributed by atoms with Crippen molar-refractivity contribution in [3.63, 3.8) is 0 Å². The molecule has 1 heteroatoms. The van der Waals surface area contributed by atoms with Crippen molar-refractivity contribution in [2.24, 2.45) is 0 Å². The Balaban J connectivity index is 1.69. The fourth-order valence-electron chi connectivity index (χ4n) is 5.26. The molecule has 1 atom stereocenters. The Morgan fingerprint density at radius 1 is 0.588 bits per heavy atom. The number of nitriles is 1. The second-order valence-electron chi connectivity index (χ2n) is 8.97. The predicted octanol–water partition coefficient (Wildman–Crippen LogP) is 8.36. The minimum absolute atomic E-state index is 0.168. The van der Waals surface area contributed by atoms with Crippen LogP contribution in [0.2, 0.25) is 0 Å². The van der Waals surface area contributed by atoms with Gasteiger partial charge in [-0.05, 0) is 81.3 Å². The van der Waals surface area contributed by atoms with E-state index in [9.17, 15) is 5.26 Å². The molecule has 1 aliphatic carbocycles. The van der Waals surface area contributed by atoms with Crippen LogP contribution in [0, 0.1) is 18.3 Å². The van der Waals surface area contributed by atoms with E-state index >= 15 is 0 Å². The molecule has 0 saturated carbocycles. The minimum Gasteiger partial charge on any atom is -0.192 e. The lowest BCUT2D eigenvalue weighted by atomic mass is 9.83. The molecular weight excluding hydrogens is 410 g/mol. The second kappa shape index (κ2) is 8.18.